The van der Waals surface area contributed by atoms with Crippen LogP contribution in [0.4, 0.5) is 5.69 Å². The van der Waals surface area contributed by atoms with E-state index in [4.69, 9.17) is 5.73 Å². The van der Waals surface area contributed by atoms with Crippen molar-refractivity contribution in [3.8, 4) is 0 Å². The van der Waals surface area contributed by atoms with Crippen LogP contribution in [0, 0.1) is 0 Å². The summed E-state index contributed by atoms with van der Waals surface area (Å²) < 4.78 is 26.4. The smallest absolute Gasteiger partial charge is 0.279 e. The number of pyridine rings is 2. The molecule has 0 aliphatic carbocycles. The third kappa shape index (κ3) is 2.82. The zero-order valence-corrected chi connectivity index (χ0v) is 10.3. The van der Waals surface area contributed by atoms with E-state index in [9.17, 15) is 8.42 Å². The maximum Gasteiger partial charge on any atom is 0.279 e. The zero-order chi connectivity index (χ0) is 13.0. The Bertz CT molecular complexity index is 611. The number of nitrogens with zero attached hydrogens (tertiary/aromatic N) is 2. The Morgan fingerprint density at radius 1 is 1.17 bits per heavy atom. The molecule has 0 aromatic carbocycles. The highest BCUT2D eigenvalue weighted by molar-refractivity contribution is 7.92. The average molecular weight is 264 g/mol. The molecular formula is C11H12N4O2S. The highest BCUT2D eigenvalue weighted by Gasteiger charge is 2.15. The molecule has 7 heteroatoms. The molecule has 0 atom stereocenters. The van der Waals surface area contributed by atoms with Crippen molar-refractivity contribution in [3.63, 3.8) is 0 Å². The lowest BCUT2D eigenvalue weighted by Crippen LogP contribution is -2.14. The van der Waals surface area contributed by atoms with Crippen LogP contribution in [-0.4, -0.2) is 18.4 Å². The summed E-state index contributed by atoms with van der Waals surface area (Å²) in [7, 11) is -3.67. The van der Waals surface area contributed by atoms with Gasteiger partial charge in [0, 0.05) is 25.1 Å². The van der Waals surface area contributed by atoms with Crippen LogP contribution >= 0.6 is 0 Å². The van der Waals surface area contributed by atoms with Gasteiger partial charge < -0.3 is 5.73 Å². The standard InChI is InChI=1S/C11H12N4O2S/c12-7-9-1-2-11(14-8-9)18(16,17)15-10-3-5-13-6-4-10/h1-6,8H,7,12H2,(H,13,15). The lowest BCUT2D eigenvalue weighted by Gasteiger charge is -2.07. The predicted molar refractivity (Wildman–Crippen MR) is 67.2 cm³/mol. The molecule has 3 N–H and O–H groups in total. The maximum absolute atomic E-state index is 12.0. The first-order valence-corrected chi connectivity index (χ1v) is 6.68. The van der Waals surface area contributed by atoms with Gasteiger partial charge >= 0.3 is 0 Å². The van der Waals surface area contributed by atoms with Crippen molar-refractivity contribution in [2.45, 2.75) is 11.6 Å². The van der Waals surface area contributed by atoms with Gasteiger partial charge in [-0.1, -0.05) is 6.07 Å². The SMILES string of the molecule is NCc1ccc(S(=O)(=O)Nc2ccncc2)nc1. The van der Waals surface area contributed by atoms with Crippen molar-refractivity contribution in [1.29, 1.82) is 0 Å². The molecule has 0 unspecified atom stereocenters. The van der Waals surface area contributed by atoms with Gasteiger partial charge in [0.05, 0.1) is 5.69 Å². The van der Waals surface area contributed by atoms with E-state index in [1.54, 1.807) is 18.2 Å². The van der Waals surface area contributed by atoms with Gasteiger partial charge in [0.1, 0.15) is 0 Å². The van der Waals surface area contributed by atoms with Crippen LogP contribution in [0.25, 0.3) is 0 Å². The van der Waals surface area contributed by atoms with Crippen LogP contribution in [0.1, 0.15) is 5.56 Å². The van der Waals surface area contributed by atoms with Crippen LogP contribution < -0.4 is 10.5 Å². The summed E-state index contributed by atoms with van der Waals surface area (Å²) in [6, 6.07) is 6.18. The molecule has 2 aromatic rings. The molecule has 0 bridgehead atoms. The van der Waals surface area contributed by atoms with Gasteiger partial charge in [-0.25, -0.2) is 4.98 Å². The molecule has 0 saturated carbocycles. The van der Waals surface area contributed by atoms with Crippen LogP contribution in [-0.2, 0) is 16.6 Å². The highest BCUT2D eigenvalue weighted by Crippen LogP contribution is 2.13. The van der Waals surface area contributed by atoms with Crippen LogP contribution in [0.3, 0.4) is 0 Å². The van der Waals surface area contributed by atoms with Gasteiger partial charge in [-0.3, -0.25) is 9.71 Å². The van der Waals surface area contributed by atoms with E-state index in [0.29, 0.717) is 12.2 Å². The summed E-state index contributed by atoms with van der Waals surface area (Å²) in [5.74, 6) is 0. The molecule has 2 heterocycles. The second-order valence-electron chi connectivity index (χ2n) is 3.55. The van der Waals surface area contributed by atoms with Gasteiger partial charge in [-0.05, 0) is 23.8 Å². The number of sulfonamides is 1. The van der Waals surface area contributed by atoms with E-state index >= 15 is 0 Å². The van der Waals surface area contributed by atoms with E-state index in [-0.39, 0.29) is 5.03 Å². The summed E-state index contributed by atoms with van der Waals surface area (Å²) in [4.78, 5) is 7.68. The van der Waals surface area contributed by atoms with Crippen molar-refractivity contribution in [1.82, 2.24) is 9.97 Å². The van der Waals surface area contributed by atoms with Crippen LogP contribution in [0.5, 0.6) is 0 Å². The van der Waals surface area contributed by atoms with E-state index < -0.39 is 10.0 Å². The molecule has 6 nitrogen and oxygen atoms in total. The minimum absolute atomic E-state index is 0.0449. The van der Waals surface area contributed by atoms with Gasteiger partial charge in [0.15, 0.2) is 5.03 Å². The topological polar surface area (TPSA) is 98.0 Å². The second kappa shape index (κ2) is 5.11. The van der Waals surface area contributed by atoms with E-state index in [0.717, 1.165) is 5.56 Å². The number of nitrogens with two attached hydrogens (primary N) is 1. The highest BCUT2D eigenvalue weighted by atomic mass is 32.2. The quantitative estimate of drug-likeness (QED) is 0.848. The van der Waals surface area contributed by atoms with Crippen molar-refractivity contribution in [3.05, 3.63) is 48.4 Å². The largest absolute Gasteiger partial charge is 0.326 e. The summed E-state index contributed by atoms with van der Waals surface area (Å²) in [5, 5.41) is -0.0449. The monoisotopic (exact) mass is 264 g/mol. The minimum atomic E-state index is -3.67. The Labute approximate surface area is 105 Å². The molecule has 0 fully saturated rings. The van der Waals surface area contributed by atoms with Gasteiger partial charge in [-0.15, -0.1) is 0 Å². The molecule has 2 rings (SSSR count). The zero-order valence-electron chi connectivity index (χ0n) is 9.45. The van der Waals surface area contributed by atoms with Gasteiger partial charge in [0.2, 0.25) is 0 Å². The first-order valence-electron chi connectivity index (χ1n) is 5.19. The number of hydrogen-bond donors (Lipinski definition) is 2. The predicted octanol–water partition coefficient (Wildman–Crippen LogP) is 0.736. The van der Waals surface area contributed by atoms with Gasteiger partial charge in [-0.2, -0.15) is 8.42 Å². The molecule has 0 aliphatic rings. The number of hydrogen-bond acceptors (Lipinski definition) is 5. The third-order valence-electron chi connectivity index (χ3n) is 2.24. The fourth-order valence-corrected chi connectivity index (χ4v) is 2.31. The molecular weight excluding hydrogens is 252 g/mol. The summed E-state index contributed by atoms with van der Waals surface area (Å²) >= 11 is 0. The van der Waals surface area contributed by atoms with Crippen molar-refractivity contribution >= 4 is 15.7 Å². The molecule has 0 radical (unpaired) electrons. The lowest BCUT2D eigenvalue weighted by atomic mass is 10.3. The normalized spacial score (nSPS) is 11.2. The fraction of sp³-hybridized carbons (Fsp3) is 0.0909. The summed E-state index contributed by atoms with van der Waals surface area (Å²) in [6.07, 6.45) is 4.45. The van der Waals surface area contributed by atoms with Crippen LogP contribution in [0.2, 0.25) is 0 Å². The third-order valence-corrected chi connectivity index (χ3v) is 3.54. The minimum Gasteiger partial charge on any atom is -0.326 e. The summed E-state index contributed by atoms with van der Waals surface area (Å²) in [5.41, 5.74) is 6.64. The van der Waals surface area contributed by atoms with Gasteiger partial charge in [0.25, 0.3) is 10.0 Å². The number of aromatic nitrogens is 2. The Morgan fingerprint density at radius 3 is 2.44 bits per heavy atom. The Balaban J connectivity index is 2.25. The Kier molecular flexibility index (Phi) is 3.54. The summed E-state index contributed by atoms with van der Waals surface area (Å²) in [6.45, 7) is 0.325. The first kappa shape index (κ1) is 12.5. The number of rotatable bonds is 4. The van der Waals surface area contributed by atoms with Crippen molar-refractivity contribution < 1.29 is 8.42 Å². The number of anilines is 1. The molecule has 0 amide bonds. The molecule has 0 aliphatic heterocycles. The molecule has 0 saturated heterocycles. The molecule has 0 spiro atoms. The van der Waals surface area contributed by atoms with E-state index in [2.05, 4.69) is 14.7 Å². The van der Waals surface area contributed by atoms with E-state index in [1.807, 2.05) is 0 Å². The molecule has 18 heavy (non-hydrogen) atoms. The molecule has 94 valence electrons. The van der Waals surface area contributed by atoms with Crippen molar-refractivity contribution in [2.24, 2.45) is 5.73 Å². The fourth-order valence-electron chi connectivity index (χ4n) is 1.32. The van der Waals surface area contributed by atoms with E-state index in [1.165, 1.54) is 24.7 Å². The number of nitrogens with one attached hydrogen (secondary N) is 1. The van der Waals surface area contributed by atoms with Crippen molar-refractivity contribution in [2.75, 3.05) is 4.72 Å². The maximum atomic E-state index is 12.0. The van der Waals surface area contributed by atoms with Crippen LogP contribution in [0.15, 0.2) is 47.9 Å². The Hall–Kier alpha value is -1.99. The Morgan fingerprint density at radius 2 is 1.89 bits per heavy atom. The second-order valence-corrected chi connectivity index (χ2v) is 5.18. The average Bonchev–Trinajstić information content (AvgIpc) is 2.39. The molecule has 2 aromatic heterocycles. The first-order chi connectivity index (χ1) is 8.62. The lowest BCUT2D eigenvalue weighted by molar-refractivity contribution is 0.597.